The molecule has 30 heavy (non-hydrogen) atoms. The van der Waals surface area contributed by atoms with Crippen molar-refractivity contribution >= 4 is 16.7 Å². The lowest BCUT2D eigenvalue weighted by Crippen LogP contribution is -2.01. The maximum atomic E-state index is 12.4. The van der Waals surface area contributed by atoms with E-state index in [0.717, 1.165) is 22.1 Å². The van der Waals surface area contributed by atoms with Gasteiger partial charge in [-0.3, -0.25) is 4.98 Å². The molecule has 0 saturated heterocycles. The van der Waals surface area contributed by atoms with E-state index in [1.54, 1.807) is 38.7 Å². The second kappa shape index (κ2) is 8.28. The zero-order valence-electron chi connectivity index (χ0n) is 16.3. The normalized spacial score (nSPS) is 11.0. The minimum atomic E-state index is -2.86. The Hall–Kier alpha value is -3.81. The SMILES string of the molecule is CNc1nc(-c2cccnc2)nc2c(OC)cc(-c3ccc(OC(F)F)cc3)cc12. The van der Waals surface area contributed by atoms with Crippen LogP contribution in [0.3, 0.4) is 0 Å². The number of rotatable bonds is 6. The van der Waals surface area contributed by atoms with E-state index < -0.39 is 6.61 Å². The van der Waals surface area contributed by atoms with Gasteiger partial charge < -0.3 is 14.8 Å². The summed E-state index contributed by atoms with van der Waals surface area (Å²) in [5.74, 6) is 1.83. The lowest BCUT2D eigenvalue weighted by Gasteiger charge is -2.13. The molecular weight excluding hydrogens is 390 g/mol. The van der Waals surface area contributed by atoms with E-state index in [1.807, 2.05) is 24.3 Å². The third-order valence-electron chi connectivity index (χ3n) is 4.55. The second-order valence-corrected chi connectivity index (χ2v) is 6.37. The summed E-state index contributed by atoms with van der Waals surface area (Å²) in [5.41, 5.74) is 3.08. The summed E-state index contributed by atoms with van der Waals surface area (Å²) >= 11 is 0. The van der Waals surface area contributed by atoms with Crippen molar-refractivity contribution in [3.8, 4) is 34.0 Å². The van der Waals surface area contributed by atoms with Gasteiger partial charge in [-0.1, -0.05) is 12.1 Å². The Morgan fingerprint density at radius 2 is 1.77 bits per heavy atom. The van der Waals surface area contributed by atoms with Gasteiger partial charge in [-0.25, -0.2) is 9.97 Å². The number of anilines is 1. The molecule has 4 aromatic rings. The highest BCUT2D eigenvalue weighted by molar-refractivity contribution is 5.97. The van der Waals surface area contributed by atoms with Crippen molar-refractivity contribution in [2.24, 2.45) is 0 Å². The monoisotopic (exact) mass is 408 g/mol. The molecule has 6 nitrogen and oxygen atoms in total. The van der Waals surface area contributed by atoms with Crippen LogP contribution in [0.4, 0.5) is 14.6 Å². The summed E-state index contributed by atoms with van der Waals surface area (Å²) in [6, 6.07) is 13.9. The minimum absolute atomic E-state index is 0.0989. The van der Waals surface area contributed by atoms with Gasteiger partial charge in [0.05, 0.1) is 7.11 Å². The van der Waals surface area contributed by atoms with E-state index in [0.29, 0.717) is 22.9 Å². The molecule has 0 spiro atoms. The van der Waals surface area contributed by atoms with Crippen LogP contribution in [-0.2, 0) is 0 Å². The molecule has 0 aliphatic rings. The number of methoxy groups -OCH3 is 1. The van der Waals surface area contributed by atoms with Gasteiger partial charge in [-0.05, 0) is 47.5 Å². The summed E-state index contributed by atoms with van der Waals surface area (Å²) in [5, 5.41) is 3.88. The summed E-state index contributed by atoms with van der Waals surface area (Å²) < 4.78 is 34.8. The summed E-state index contributed by atoms with van der Waals surface area (Å²) in [6.07, 6.45) is 3.39. The van der Waals surface area contributed by atoms with Gasteiger partial charge in [-0.2, -0.15) is 8.78 Å². The zero-order chi connectivity index (χ0) is 21.1. The van der Waals surface area contributed by atoms with Crippen molar-refractivity contribution in [3.63, 3.8) is 0 Å². The fraction of sp³-hybridized carbons (Fsp3) is 0.136. The molecule has 0 radical (unpaired) electrons. The molecule has 0 fully saturated rings. The predicted molar refractivity (Wildman–Crippen MR) is 111 cm³/mol. The predicted octanol–water partition coefficient (Wildman–Crippen LogP) is 5.01. The van der Waals surface area contributed by atoms with E-state index in [1.165, 1.54) is 12.1 Å². The van der Waals surface area contributed by atoms with Crippen LogP contribution in [0.15, 0.2) is 60.9 Å². The van der Waals surface area contributed by atoms with E-state index in [9.17, 15) is 8.78 Å². The first-order valence-corrected chi connectivity index (χ1v) is 9.12. The lowest BCUT2D eigenvalue weighted by atomic mass is 10.0. The standard InChI is InChI=1S/C22H18F2N4O2/c1-25-21-17-10-15(13-5-7-16(8-6-13)30-22(23)24)11-18(29-2)19(17)27-20(28-21)14-4-3-9-26-12-14/h3-12,22H,1-2H3,(H,25,27,28). The smallest absolute Gasteiger partial charge is 0.387 e. The first-order chi connectivity index (χ1) is 14.6. The maximum Gasteiger partial charge on any atom is 0.387 e. The molecule has 152 valence electrons. The Balaban J connectivity index is 1.84. The number of pyridine rings is 1. The molecule has 8 heteroatoms. The lowest BCUT2D eigenvalue weighted by molar-refractivity contribution is -0.0498. The Kier molecular flexibility index (Phi) is 5.38. The van der Waals surface area contributed by atoms with Gasteiger partial charge in [0.1, 0.15) is 22.8 Å². The molecule has 2 aromatic heterocycles. The molecule has 0 amide bonds. The second-order valence-electron chi connectivity index (χ2n) is 6.37. The zero-order valence-corrected chi connectivity index (χ0v) is 16.3. The molecule has 0 aliphatic heterocycles. The number of nitrogens with zero attached hydrogens (tertiary/aromatic N) is 3. The number of fused-ring (bicyclic) bond motifs is 1. The largest absolute Gasteiger partial charge is 0.494 e. The van der Waals surface area contributed by atoms with Gasteiger partial charge >= 0.3 is 6.61 Å². The van der Waals surface area contributed by atoms with Crippen molar-refractivity contribution in [3.05, 3.63) is 60.9 Å². The number of hydrogen-bond donors (Lipinski definition) is 1. The fourth-order valence-electron chi connectivity index (χ4n) is 3.17. The summed E-state index contributed by atoms with van der Waals surface area (Å²) in [6.45, 7) is -2.86. The molecule has 0 atom stereocenters. The highest BCUT2D eigenvalue weighted by atomic mass is 19.3. The Bertz CT molecular complexity index is 1170. The van der Waals surface area contributed by atoms with Crippen molar-refractivity contribution in [1.29, 1.82) is 0 Å². The third kappa shape index (κ3) is 3.84. The van der Waals surface area contributed by atoms with Crippen LogP contribution in [0.25, 0.3) is 33.4 Å². The Morgan fingerprint density at radius 1 is 0.967 bits per heavy atom. The van der Waals surface area contributed by atoms with Gasteiger partial charge in [-0.15, -0.1) is 0 Å². The average molecular weight is 408 g/mol. The number of ether oxygens (including phenoxy) is 2. The molecule has 2 aromatic carbocycles. The van der Waals surface area contributed by atoms with E-state index in [-0.39, 0.29) is 5.75 Å². The molecule has 2 heterocycles. The first kappa shape index (κ1) is 19.5. The number of alkyl halides is 2. The number of halogens is 2. The van der Waals surface area contributed by atoms with Crippen molar-refractivity contribution in [1.82, 2.24) is 15.0 Å². The summed E-state index contributed by atoms with van der Waals surface area (Å²) in [4.78, 5) is 13.4. The highest BCUT2D eigenvalue weighted by Crippen LogP contribution is 2.36. The number of nitrogens with one attached hydrogen (secondary N) is 1. The van der Waals surface area contributed by atoms with Crippen LogP contribution in [0, 0.1) is 0 Å². The third-order valence-corrected chi connectivity index (χ3v) is 4.55. The minimum Gasteiger partial charge on any atom is -0.494 e. The van der Waals surface area contributed by atoms with Crippen LogP contribution in [0.5, 0.6) is 11.5 Å². The number of hydrogen-bond acceptors (Lipinski definition) is 6. The van der Waals surface area contributed by atoms with Crippen LogP contribution in [0.2, 0.25) is 0 Å². The van der Waals surface area contributed by atoms with Crippen molar-refractivity contribution < 1.29 is 18.3 Å². The summed E-state index contributed by atoms with van der Waals surface area (Å²) in [7, 11) is 3.35. The first-order valence-electron chi connectivity index (χ1n) is 9.12. The molecular formula is C22H18F2N4O2. The molecule has 1 N–H and O–H groups in total. The highest BCUT2D eigenvalue weighted by Gasteiger charge is 2.15. The molecule has 0 aliphatic carbocycles. The van der Waals surface area contributed by atoms with Gasteiger partial charge in [0.2, 0.25) is 0 Å². The van der Waals surface area contributed by atoms with Gasteiger partial charge in [0.25, 0.3) is 0 Å². The molecule has 0 saturated carbocycles. The van der Waals surface area contributed by atoms with Crippen LogP contribution in [-0.4, -0.2) is 35.7 Å². The Labute approximate surface area is 171 Å². The quantitative estimate of drug-likeness (QED) is 0.484. The topological polar surface area (TPSA) is 69.2 Å². The fourth-order valence-corrected chi connectivity index (χ4v) is 3.17. The van der Waals surface area contributed by atoms with Gasteiger partial charge in [0, 0.05) is 30.4 Å². The molecule has 0 bridgehead atoms. The maximum absolute atomic E-state index is 12.4. The van der Waals surface area contributed by atoms with E-state index >= 15 is 0 Å². The van der Waals surface area contributed by atoms with E-state index in [2.05, 4.69) is 25.0 Å². The van der Waals surface area contributed by atoms with Crippen LogP contribution >= 0.6 is 0 Å². The van der Waals surface area contributed by atoms with Gasteiger partial charge in [0.15, 0.2) is 5.82 Å². The Morgan fingerprint density at radius 3 is 2.40 bits per heavy atom. The molecule has 4 rings (SSSR count). The van der Waals surface area contributed by atoms with Crippen molar-refractivity contribution in [2.45, 2.75) is 6.61 Å². The van der Waals surface area contributed by atoms with E-state index in [4.69, 9.17) is 4.74 Å². The number of benzene rings is 2. The number of aromatic nitrogens is 3. The molecule has 0 unspecified atom stereocenters. The average Bonchev–Trinajstić information content (AvgIpc) is 2.78. The van der Waals surface area contributed by atoms with Crippen molar-refractivity contribution in [2.75, 3.05) is 19.5 Å². The van der Waals surface area contributed by atoms with Crippen LogP contribution in [0.1, 0.15) is 0 Å². The van der Waals surface area contributed by atoms with Crippen LogP contribution < -0.4 is 14.8 Å².